The Morgan fingerprint density at radius 2 is 1.77 bits per heavy atom. The molecule has 3 amide bonds. The monoisotopic (exact) mass is 423 g/mol. The van der Waals surface area contributed by atoms with Gasteiger partial charge in [-0.1, -0.05) is 42.1 Å². The summed E-state index contributed by atoms with van der Waals surface area (Å²) in [5.74, 6) is 0.433. The Balaban J connectivity index is 1.60. The van der Waals surface area contributed by atoms with Gasteiger partial charge in [-0.3, -0.25) is 10.1 Å². The zero-order chi connectivity index (χ0) is 21.7. The Labute approximate surface area is 180 Å². The molecule has 156 valence electrons. The van der Waals surface area contributed by atoms with Crippen LogP contribution in [-0.2, 0) is 11.3 Å². The van der Waals surface area contributed by atoms with Gasteiger partial charge >= 0.3 is 6.03 Å². The lowest BCUT2D eigenvalue weighted by molar-refractivity contribution is -0.117. The number of rotatable bonds is 6. The fraction of sp³-hybridized carbons (Fsp3) is 0.273. The Morgan fingerprint density at radius 3 is 2.47 bits per heavy atom. The minimum absolute atomic E-state index is 0.0618. The van der Waals surface area contributed by atoms with Gasteiger partial charge in [0.05, 0.1) is 5.75 Å². The molecule has 2 aromatic carbocycles. The molecular weight excluding hydrogens is 398 g/mol. The second kappa shape index (κ2) is 9.58. The summed E-state index contributed by atoms with van der Waals surface area (Å²) in [6, 6.07) is 13.0. The number of thioether (sulfide) groups is 1. The van der Waals surface area contributed by atoms with E-state index in [0.717, 1.165) is 28.1 Å². The van der Waals surface area contributed by atoms with Crippen molar-refractivity contribution in [1.82, 2.24) is 20.1 Å². The van der Waals surface area contributed by atoms with Gasteiger partial charge in [-0.25, -0.2) is 4.79 Å². The number of nitrogens with one attached hydrogen (secondary N) is 2. The van der Waals surface area contributed by atoms with E-state index >= 15 is 0 Å². The van der Waals surface area contributed by atoms with Gasteiger partial charge < -0.3 is 9.88 Å². The van der Waals surface area contributed by atoms with Crippen LogP contribution in [0.25, 0.3) is 11.4 Å². The number of carbonyl (C=O) groups is 2. The summed E-state index contributed by atoms with van der Waals surface area (Å²) >= 11 is 1.25. The van der Waals surface area contributed by atoms with Crippen LogP contribution in [-0.4, -0.2) is 32.5 Å². The van der Waals surface area contributed by atoms with E-state index in [0.29, 0.717) is 17.4 Å². The number of aromatic nitrogens is 3. The van der Waals surface area contributed by atoms with Crippen LogP contribution in [0.2, 0.25) is 0 Å². The first-order valence-corrected chi connectivity index (χ1v) is 10.7. The molecule has 0 unspecified atom stereocenters. The topological polar surface area (TPSA) is 88.9 Å². The molecule has 1 aromatic heterocycles. The lowest BCUT2D eigenvalue weighted by atomic mass is 10.1. The van der Waals surface area contributed by atoms with Gasteiger partial charge in [0, 0.05) is 17.8 Å². The van der Waals surface area contributed by atoms with E-state index in [1.165, 1.54) is 11.8 Å². The molecule has 3 aromatic rings. The number of aryl methyl sites for hydroxylation is 3. The van der Waals surface area contributed by atoms with E-state index in [-0.39, 0.29) is 5.75 Å². The van der Waals surface area contributed by atoms with Crippen LogP contribution in [0, 0.1) is 20.8 Å². The van der Waals surface area contributed by atoms with Gasteiger partial charge in [-0.2, -0.15) is 0 Å². The molecule has 0 aliphatic rings. The predicted octanol–water partition coefficient (Wildman–Crippen LogP) is 4.33. The van der Waals surface area contributed by atoms with Crippen molar-refractivity contribution in [2.45, 2.75) is 39.4 Å². The van der Waals surface area contributed by atoms with Crippen LogP contribution in [0.15, 0.2) is 47.6 Å². The number of urea groups is 1. The summed E-state index contributed by atoms with van der Waals surface area (Å²) in [5, 5.41) is 14.2. The Bertz CT molecular complexity index is 1080. The first-order chi connectivity index (χ1) is 14.4. The van der Waals surface area contributed by atoms with Gasteiger partial charge in [0.15, 0.2) is 11.0 Å². The molecule has 0 fully saturated rings. The zero-order valence-electron chi connectivity index (χ0n) is 17.5. The number of hydrogen-bond acceptors (Lipinski definition) is 5. The Hall–Kier alpha value is -3.13. The van der Waals surface area contributed by atoms with Crippen LogP contribution in [0.1, 0.15) is 23.6 Å². The van der Waals surface area contributed by atoms with E-state index in [1.807, 2.05) is 68.7 Å². The maximum absolute atomic E-state index is 12.2. The molecule has 1 heterocycles. The zero-order valence-corrected chi connectivity index (χ0v) is 18.3. The van der Waals surface area contributed by atoms with Crippen molar-refractivity contribution in [1.29, 1.82) is 0 Å². The minimum atomic E-state index is -0.554. The molecule has 0 aliphatic heterocycles. The van der Waals surface area contributed by atoms with Crippen molar-refractivity contribution in [2.24, 2.45) is 0 Å². The molecule has 0 aliphatic carbocycles. The summed E-state index contributed by atoms with van der Waals surface area (Å²) in [4.78, 5) is 24.3. The van der Waals surface area contributed by atoms with Gasteiger partial charge in [0.1, 0.15) is 0 Å². The van der Waals surface area contributed by atoms with Gasteiger partial charge in [-0.05, 0) is 56.5 Å². The second-order valence-corrected chi connectivity index (χ2v) is 7.90. The molecule has 3 rings (SSSR count). The maximum Gasteiger partial charge on any atom is 0.325 e. The minimum Gasteiger partial charge on any atom is -0.308 e. The maximum atomic E-state index is 12.2. The van der Waals surface area contributed by atoms with Gasteiger partial charge in [-0.15, -0.1) is 10.2 Å². The fourth-order valence-electron chi connectivity index (χ4n) is 2.98. The third-order valence-electron chi connectivity index (χ3n) is 4.77. The molecular formula is C22H25N5O2S. The van der Waals surface area contributed by atoms with Crippen molar-refractivity contribution in [3.63, 3.8) is 0 Å². The standard InChI is InChI=1S/C22H25N5O2S/c1-5-27-20(18-9-7-6-8-15(18)3)25-26-22(27)30-13-19(28)24-21(29)23-17-11-10-14(2)16(4)12-17/h6-12H,5,13H2,1-4H3,(H2,23,24,28,29). The molecule has 0 saturated carbocycles. The number of nitrogens with zero attached hydrogens (tertiary/aromatic N) is 3. The summed E-state index contributed by atoms with van der Waals surface area (Å²) in [6.07, 6.45) is 0. The van der Waals surface area contributed by atoms with E-state index in [4.69, 9.17) is 0 Å². The first kappa shape index (κ1) is 21.6. The van der Waals surface area contributed by atoms with Crippen molar-refractivity contribution in [3.8, 4) is 11.4 Å². The summed E-state index contributed by atoms with van der Waals surface area (Å²) in [7, 11) is 0. The number of imide groups is 1. The lowest BCUT2D eigenvalue weighted by Crippen LogP contribution is -2.35. The third kappa shape index (κ3) is 5.07. The molecule has 0 spiro atoms. The average molecular weight is 424 g/mol. The highest BCUT2D eigenvalue weighted by Gasteiger charge is 2.16. The number of benzene rings is 2. The molecule has 8 heteroatoms. The SMILES string of the molecule is CCn1c(SCC(=O)NC(=O)Nc2ccc(C)c(C)c2)nnc1-c1ccccc1C. The van der Waals surface area contributed by atoms with Crippen molar-refractivity contribution >= 4 is 29.4 Å². The number of amides is 3. The molecule has 0 saturated heterocycles. The van der Waals surface area contributed by atoms with E-state index < -0.39 is 11.9 Å². The summed E-state index contributed by atoms with van der Waals surface area (Å²) in [5.41, 5.74) is 4.97. The molecule has 7 nitrogen and oxygen atoms in total. The van der Waals surface area contributed by atoms with Crippen LogP contribution < -0.4 is 10.6 Å². The van der Waals surface area contributed by atoms with Crippen LogP contribution in [0.3, 0.4) is 0 Å². The Morgan fingerprint density at radius 1 is 1.00 bits per heavy atom. The van der Waals surface area contributed by atoms with Crippen LogP contribution in [0.5, 0.6) is 0 Å². The second-order valence-electron chi connectivity index (χ2n) is 6.96. The highest BCUT2D eigenvalue weighted by Crippen LogP contribution is 2.26. The fourth-order valence-corrected chi connectivity index (χ4v) is 3.78. The predicted molar refractivity (Wildman–Crippen MR) is 120 cm³/mol. The molecule has 30 heavy (non-hydrogen) atoms. The number of hydrogen-bond donors (Lipinski definition) is 2. The normalized spacial score (nSPS) is 10.7. The highest BCUT2D eigenvalue weighted by atomic mass is 32.2. The van der Waals surface area contributed by atoms with Gasteiger partial charge in [0.2, 0.25) is 5.91 Å². The van der Waals surface area contributed by atoms with Crippen LogP contribution >= 0.6 is 11.8 Å². The third-order valence-corrected chi connectivity index (χ3v) is 5.74. The first-order valence-electron chi connectivity index (χ1n) is 9.69. The lowest BCUT2D eigenvalue weighted by Gasteiger charge is -2.10. The Kier molecular flexibility index (Phi) is 6.89. The molecule has 0 radical (unpaired) electrons. The number of anilines is 1. The number of carbonyl (C=O) groups excluding carboxylic acids is 2. The molecule has 0 bridgehead atoms. The summed E-state index contributed by atoms with van der Waals surface area (Å²) in [6.45, 7) is 8.67. The highest BCUT2D eigenvalue weighted by molar-refractivity contribution is 7.99. The van der Waals surface area contributed by atoms with E-state index in [1.54, 1.807) is 6.07 Å². The van der Waals surface area contributed by atoms with E-state index in [2.05, 4.69) is 20.8 Å². The van der Waals surface area contributed by atoms with Crippen molar-refractivity contribution in [3.05, 3.63) is 59.2 Å². The average Bonchev–Trinajstić information content (AvgIpc) is 3.12. The van der Waals surface area contributed by atoms with Crippen LogP contribution in [0.4, 0.5) is 10.5 Å². The molecule has 0 atom stereocenters. The quantitative estimate of drug-likeness (QED) is 0.576. The van der Waals surface area contributed by atoms with E-state index in [9.17, 15) is 9.59 Å². The van der Waals surface area contributed by atoms with Crippen molar-refractivity contribution < 1.29 is 9.59 Å². The van der Waals surface area contributed by atoms with Gasteiger partial charge in [0.25, 0.3) is 0 Å². The smallest absolute Gasteiger partial charge is 0.308 e. The summed E-state index contributed by atoms with van der Waals surface area (Å²) < 4.78 is 1.97. The molecule has 2 N–H and O–H groups in total. The largest absolute Gasteiger partial charge is 0.325 e. The van der Waals surface area contributed by atoms with Crippen molar-refractivity contribution in [2.75, 3.05) is 11.1 Å².